The predicted molar refractivity (Wildman–Crippen MR) is 176 cm³/mol. The molecule has 0 bridgehead atoms. The zero-order chi connectivity index (χ0) is 32.9. The molecule has 3 saturated heterocycles. The highest BCUT2D eigenvalue weighted by atomic mass is 19.1. The first-order valence-electron chi connectivity index (χ1n) is 16.7. The van der Waals surface area contributed by atoms with Crippen molar-refractivity contribution in [1.82, 2.24) is 19.9 Å². The molecule has 2 aliphatic carbocycles. The number of nitrogens with two attached hydrogens (primary N) is 1. The molecule has 246 valence electrons. The molecule has 5 fully saturated rings. The van der Waals surface area contributed by atoms with Gasteiger partial charge in [0.1, 0.15) is 35.6 Å². The number of hydrogen-bond donors (Lipinski definition) is 1. The topological polar surface area (TPSA) is 80.4 Å². The number of hydrogen-bond acceptors (Lipinski definition) is 7. The average molecular weight is 655 g/mol. The van der Waals surface area contributed by atoms with Crippen LogP contribution in [0.5, 0.6) is 6.01 Å². The molecule has 4 atom stereocenters. The van der Waals surface area contributed by atoms with Gasteiger partial charge in [0.2, 0.25) is 0 Å². The van der Waals surface area contributed by atoms with Gasteiger partial charge >= 0.3 is 6.01 Å². The average Bonchev–Trinajstić information content (AvgIpc) is 3.96. The number of nitrogen functional groups attached to an aromatic ring is 1. The van der Waals surface area contributed by atoms with Gasteiger partial charge in [-0.25, -0.2) is 17.6 Å². The summed E-state index contributed by atoms with van der Waals surface area (Å²) < 4.78 is 67.2. The molecule has 2 N–H and O–H groups in total. The number of anilines is 2. The molecule has 7 nitrogen and oxygen atoms in total. The molecule has 5 aliphatic rings. The Balaban J connectivity index is 1.20. The van der Waals surface area contributed by atoms with Crippen LogP contribution in [0, 0.1) is 35.3 Å². The van der Waals surface area contributed by atoms with Crippen molar-refractivity contribution in [3.05, 3.63) is 59.6 Å². The predicted octanol–water partition coefficient (Wildman–Crippen LogP) is 6.87. The molecule has 48 heavy (non-hydrogen) atoms. The third-order valence-electron chi connectivity index (χ3n) is 11.8. The smallest absolute Gasteiger partial charge is 0.319 e. The highest BCUT2D eigenvalue weighted by molar-refractivity contribution is 6.03. The Hall–Kier alpha value is -4.43. The summed E-state index contributed by atoms with van der Waals surface area (Å²) in [5.74, 6) is 1.26. The van der Waals surface area contributed by atoms with E-state index in [1.54, 1.807) is 12.1 Å². The number of alkyl halides is 1. The van der Waals surface area contributed by atoms with E-state index in [4.69, 9.17) is 21.9 Å². The van der Waals surface area contributed by atoms with Gasteiger partial charge < -0.3 is 15.4 Å². The lowest BCUT2D eigenvalue weighted by Gasteiger charge is -2.37. The molecule has 2 saturated carbocycles. The quantitative estimate of drug-likeness (QED) is 0.143. The van der Waals surface area contributed by atoms with Crippen molar-refractivity contribution >= 4 is 33.2 Å². The summed E-state index contributed by atoms with van der Waals surface area (Å²) in [4.78, 5) is 18.2. The molecule has 0 radical (unpaired) electrons. The molecule has 4 aromatic rings. The number of ether oxygens (including phenoxy) is 1. The minimum atomic E-state index is -1.00. The largest absolute Gasteiger partial charge is 0.461 e. The first-order valence-corrected chi connectivity index (χ1v) is 16.7. The molecule has 3 aliphatic heterocycles. The third-order valence-corrected chi connectivity index (χ3v) is 11.8. The summed E-state index contributed by atoms with van der Waals surface area (Å²) >= 11 is 0. The van der Waals surface area contributed by atoms with Crippen LogP contribution in [-0.4, -0.2) is 63.8 Å². The van der Waals surface area contributed by atoms with Crippen LogP contribution in [-0.2, 0) is 0 Å². The fourth-order valence-electron chi connectivity index (χ4n) is 9.15. The minimum Gasteiger partial charge on any atom is -0.461 e. The molecule has 0 unspecified atom stereocenters. The summed E-state index contributed by atoms with van der Waals surface area (Å²) in [6.45, 7) is 2.18. The number of rotatable bonds is 5. The SMILES string of the molecule is C#Cc1c(F)ccc2cc(N)cc(-c3ncc4c(N5CCCC[C@H]6[C@H](F)[C@H]65)nc(OC[C@]56C/C(=C/F)CN5CCC65CC5)nc4c3F)c12. The zero-order valence-corrected chi connectivity index (χ0v) is 26.3. The number of halogens is 4. The van der Waals surface area contributed by atoms with Gasteiger partial charge in [-0.05, 0) is 79.6 Å². The second-order valence-corrected chi connectivity index (χ2v) is 14.3. The fourth-order valence-corrected chi connectivity index (χ4v) is 9.15. The second-order valence-electron chi connectivity index (χ2n) is 14.3. The van der Waals surface area contributed by atoms with Crippen molar-refractivity contribution in [2.24, 2.45) is 11.3 Å². The van der Waals surface area contributed by atoms with Crippen LogP contribution in [0.1, 0.15) is 50.5 Å². The highest BCUT2D eigenvalue weighted by Crippen LogP contribution is 2.66. The van der Waals surface area contributed by atoms with Crippen molar-refractivity contribution in [3.8, 4) is 29.6 Å². The first-order chi connectivity index (χ1) is 23.3. The van der Waals surface area contributed by atoms with Crippen LogP contribution in [0.15, 0.2) is 42.4 Å². The van der Waals surface area contributed by atoms with Gasteiger partial charge in [0, 0.05) is 41.8 Å². The normalized spacial score (nSPS) is 28.1. The minimum absolute atomic E-state index is 0.0258. The second kappa shape index (κ2) is 10.5. The van der Waals surface area contributed by atoms with E-state index in [1.165, 1.54) is 18.3 Å². The number of nitrogens with zero attached hydrogens (tertiary/aromatic N) is 5. The van der Waals surface area contributed by atoms with E-state index < -0.39 is 23.3 Å². The van der Waals surface area contributed by atoms with Gasteiger partial charge in [-0.2, -0.15) is 9.97 Å². The van der Waals surface area contributed by atoms with E-state index in [9.17, 15) is 8.78 Å². The molecular weight excluding hydrogens is 620 g/mol. The van der Waals surface area contributed by atoms with E-state index >= 15 is 8.78 Å². The van der Waals surface area contributed by atoms with E-state index in [-0.39, 0.29) is 52.3 Å². The number of terminal acetylenes is 1. The molecule has 0 amide bonds. The van der Waals surface area contributed by atoms with Crippen molar-refractivity contribution in [1.29, 1.82) is 0 Å². The highest BCUT2D eigenvalue weighted by Gasteiger charge is 2.67. The molecule has 2 aromatic heterocycles. The van der Waals surface area contributed by atoms with Gasteiger partial charge in [0.25, 0.3) is 0 Å². The molecule has 2 aromatic carbocycles. The van der Waals surface area contributed by atoms with Crippen LogP contribution in [0.25, 0.3) is 32.9 Å². The Morgan fingerprint density at radius 1 is 1.12 bits per heavy atom. The Morgan fingerprint density at radius 3 is 2.77 bits per heavy atom. The van der Waals surface area contributed by atoms with Gasteiger partial charge in [0.15, 0.2) is 5.82 Å². The van der Waals surface area contributed by atoms with Gasteiger partial charge in [-0.1, -0.05) is 18.4 Å². The monoisotopic (exact) mass is 654 g/mol. The first kappa shape index (κ1) is 29.7. The molecule has 11 heteroatoms. The van der Waals surface area contributed by atoms with Crippen LogP contribution in [0.4, 0.5) is 29.1 Å². The van der Waals surface area contributed by atoms with Crippen LogP contribution < -0.4 is 15.4 Å². The maximum absolute atomic E-state index is 17.0. The third kappa shape index (κ3) is 4.20. The standard InChI is InChI=1S/C37H34F4N6O/c1-2-23-27(39)7-6-21-13-22(42)14-25(28(21)23)31-30(41)32-26(17-43-31)34(47-11-4-3-5-24-29(40)33(24)47)45-35(44-32)48-19-37-15-20(16-38)18-46(37)12-10-36(37)8-9-36/h1,6-7,13-14,16-17,24,29,33H,3-5,8-12,15,18-19,42H2/b20-16-/t24-,29-,33-,37-/m0/s1. The van der Waals surface area contributed by atoms with Crippen molar-refractivity contribution < 1.29 is 22.3 Å². The molecule has 9 rings (SSSR count). The van der Waals surface area contributed by atoms with Crippen molar-refractivity contribution in [2.45, 2.75) is 62.7 Å². The molecule has 5 heterocycles. The maximum atomic E-state index is 17.0. The lowest BCUT2D eigenvalue weighted by atomic mass is 9.80. The number of pyridine rings is 1. The van der Waals surface area contributed by atoms with Crippen molar-refractivity contribution in [3.63, 3.8) is 0 Å². The maximum Gasteiger partial charge on any atom is 0.319 e. The lowest BCUT2D eigenvalue weighted by molar-refractivity contribution is 0.0649. The Morgan fingerprint density at radius 2 is 1.98 bits per heavy atom. The van der Waals surface area contributed by atoms with E-state index in [2.05, 4.69) is 20.8 Å². The Kier molecular flexibility index (Phi) is 6.52. The molecule has 1 spiro atoms. The van der Waals surface area contributed by atoms with Gasteiger partial charge in [0.05, 0.1) is 28.9 Å². The fraction of sp³-hybridized carbons (Fsp3) is 0.432. The number of aromatic nitrogens is 3. The van der Waals surface area contributed by atoms with Crippen molar-refractivity contribution in [2.75, 3.05) is 36.9 Å². The van der Waals surface area contributed by atoms with E-state index in [0.717, 1.165) is 50.6 Å². The zero-order valence-electron chi connectivity index (χ0n) is 26.3. The Labute approximate surface area is 275 Å². The summed E-state index contributed by atoms with van der Waals surface area (Å²) in [5, 5.41) is 1.17. The van der Waals surface area contributed by atoms with Crippen LogP contribution >= 0.6 is 0 Å². The Bertz CT molecular complexity index is 2090. The van der Waals surface area contributed by atoms with Gasteiger partial charge in [-0.15, -0.1) is 6.42 Å². The number of fused-ring (bicyclic) bond motifs is 5. The summed E-state index contributed by atoms with van der Waals surface area (Å²) in [7, 11) is 0. The van der Waals surface area contributed by atoms with Gasteiger partial charge in [-0.3, -0.25) is 9.88 Å². The van der Waals surface area contributed by atoms with Crippen LogP contribution in [0.3, 0.4) is 0 Å². The van der Waals surface area contributed by atoms with E-state index in [0.29, 0.717) is 53.5 Å². The summed E-state index contributed by atoms with van der Waals surface area (Å²) in [6.07, 6.45) is 13.1. The molecular formula is C37H34F4N6O. The summed E-state index contributed by atoms with van der Waals surface area (Å²) in [5.41, 5.74) is 6.99. The van der Waals surface area contributed by atoms with Crippen LogP contribution in [0.2, 0.25) is 0 Å². The lowest BCUT2D eigenvalue weighted by Crippen LogP contribution is -2.49. The number of benzene rings is 2. The summed E-state index contributed by atoms with van der Waals surface area (Å²) in [6, 6.07) is 5.56. The van der Waals surface area contributed by atoms with E-state index in [1.807, 2.05) is 4.90 Å².